The Labute approximate surface area is 183 Å². The van der Waals surface area contributed by atoms with Gasteiger partial charge in [0.1, 0.15) is 6.54 Å². The second-order valence-corrected chi connectivity index (χ2v) is 9.03. The predicted molar refractivity (Wildman–Crippen MR) is 119 cm³/mol. The van der Waals surface area contributed by atoms with E-state index in [-0.39, 0.29) is 12.5 Å². The summed E-state index contributed by atoms with van der Waals surface area (Å²) in [6, 6.07) is 19.6. The van der Waals surface area contributed by atoms with Gasteiger partial charge in [0, 0.05) is 15.5 Å². The van der Waals surface area contributed by atoms with Gasteiger partial charge in [-0.2, -0.15) is 5.10 Å². The SMILES string of the molecule is Cc1nc2c(s1)CN(C(=O)Cn1nc(-c3cccc(Cl)c3)cc1-c1ccccc1)C2. The van der Waals surface area contributed by atoms with Gasteiger partial charge in [-0.05, 0) is 30.7 Å². The third-order valence-electron chi connectivity index (χ3n) is 5.17. The molecule has 0 saturated heterocycles. The Morgan fingerprint density at radius 1 is 1.07 bits per heavy atom. The van der Waals surface area contributed by atoms with E-state index in [9.17, 15) is 4.79 Å². The lowest BCUT2D eigenvalue weighted by atomic mass is 10.1. The summed E-state index contributed by atoms with van der Waals surface area (Å²) in [5.74, 6) is 0.0378. The van der Waals surface area contributed by atoms with Crippen molar-refractivity contribution in [2.45, 2.75) is 26.6 Å². The minimum absolute atomic E-state index is 0.0378. The minimum Gasteiger partial charge on any atom is -0.330 e. The molecule has 7 heteroatoms. The lowest BCUT2D eigenvalue weighted by molar-refractivity contribution is -0.132. The molecule has 0 atom stereocenters. The fourth-order valence-electron chi connectivity index (χ4n) is 3.74. The van der Waals surface area contributed by atoms with Crippen molar-refractivity contribution in [3.8, 4) is 22.5 Å². The van der Waals surface area contributed by atoms with Crippen LogP contribution in [0.1, 0.15) is 15.6 Å². The Morgan fingerprint density at radius 3 is 2.63 bits per heavy atom. The lowest BCUT2D eigenvalue weighted by Crippen LogP contribution is -2.30. The molecule has 0 aliphatic carbocycles. The molecule has 2 aromatic carbocycles. The summed E-state index contributed by atoms with van der Waals surface area (Å²) in [6.45, 7) is 3.38. The summed E-state index contributed by atoms with van der Waals surface area (Å²) in [6.07, 6.45) is 0. The van der Waals surface area contributed by atoms with Crippen LogP contribution in [0.15, 0.2) is 60.7 Å². The standard InChI is InChI=1S/C23H19ClN4OS/c1-15-25-20-12-27(13-22(20)30-15)23(29)14-28-21(16-6-3-2-4-7-16)11-19(26-28)17-8-5-9-18(24)10-17/h2-11H,12-14H2,1H3. The average molecular weight is 435 g/mol. The number of carbonyl (C=O) groups is 1. The summed E-state index contributed by atoms with van der Waals surface area (Å²) in [5.41, 5.74) is 4.66. The number of aromatic nitrogens is 3. The Bertz CT molecular complexity index is 1210. The molecule has 150 valence electrons. The second-order valence-electron chi connectivity index (χ2n) is 7.30. The second kappa shape index (κ2) is 7.70. The Morgan fingerprint density at radius 2 is 1.87 bits per heavy atom. The van der Waals surface area contributed by atoms with E-state index < -0.39 is 0 Å². The van der Waals surface area contributed by atoms with Crippen LogP contribution in [0.5, 0.6) is 0 Å². The predicted octanol–water partition coefficient (Wildman–Crippen LogP) is 5.18. The van der Waals surface area contributed by atoms with Crippen LogP contribution in [0.4, 0.5) is 0 Å². The van der Waals surface area contributed by atoms with Gasteiger partial charge >= 0.3 is 0 Å². The number of rotatable bonds is 4. The molecule has 1 aliphatic rings. The van der Waals surface area contributed by atoms with Crippen molar-refractivity contribution >= 4 is 28.8 Å². The van der Waals surface area contributed by atoms with Crippen LogP contribution in [0.2, 0.25) is 5.02 Å². The van der Waals surface area contributed by atoms with Gasteiger partial charge in [0.15, 0.2) is 0 Å². The van der Waals surface area contributed by atoms with Gasteiger partial charge in [-0.25, -0.2) is 4.98 Å². The summed E-state index contributed by atoms with van der Waals surface area (Å²) in [4.78, 5) is 20.6. The zero-order chi connectivity index (χ0) is 20.7. The van der Waals surface area contributed by atoms with E-state index in [1.807, 2.05) is 72.5 Å². The fraction of sp³-hybridized carbons (Fsp3) is 0.174. The van der Waals surface area contributed by atoms with Crippen molar-refractivity contribution in [3.63, 3.8) is 0 Å². The summed E-state index contributed by atoms with van der Waals surface area (Å²) >= 11 is 7.84. The molecule has 1 aliphatic heterocycles. The van der Waals surface area contributed by atoms with Gasteiger partial charge in [0.2, 0.25) is 5.91 Å². The largest absolute Gasteiger partial charge is 0.330 e. The number of benzene rings is 2. The van der Waals surface area contributed by atoms with Crippen molar-refractivity contribution in [2.75, 3.05) is 0 Å². The van der Waals surface area contributed by atoms with Crippen LogP contribution in [-0.2, 0) is 24.4 Å². The number of halogens is 1. The van der Waals surface area contributed by atoms with Gasteiger partial charge in [0.25, 0.3) is 0 Å². The van der Waals surface area contributed by atoms with E-state index in [1.165, 1.54) is 4.88 Å². The molecule has 0 N–H and O–H groups in total. The number of hydrogen-bond acceptors (Lipinski definition) is 4. The van der Waals surface area contributed by atoms with Gasteiger partial charge in [-0.15, -0.1) is 11.3 Å². The maximum atomic E-state index is 13.1. The molecule has 5 rings (SSSR count). The molecule has 0 saturated carbocycles. The van der Waals surface area contributed by atoms with Crippen LogP contribution < -0.4 is 0 Å². The fourth-order valence-corrected chi connectivity index (χ4v) is 4.89. The van der Waals surface area contributed by atoms with Crippen LogP contribution in [0.25, 0.3) is 22.5 Å². The number of thiazole rings is 1. The highest BCUT2D eigenvalue weighted by Gasteiger charge is 2.27. The quantitative estimate of drug-likeness (QED) is 0.444. The monoisotopic (exact) mass is 434 g/mol. The molecule has 0 radical (unpaired) electrons. The third-order valence-corrected chi connectivity index (χ3v) is 6.40. The van der Waals surface area contributed by atoms with Crippen LogP contribution in [-0.4, -0.2) is 25.6 Å². The molecule has 0 fully saturated rings. The topological polar surface area (TPSA) is 51.0 Å². The van der Waals surface area contributed by atoms with Gasteiger partial charge in [0.05, 0.1) is 35.2 Å². The molecule has 4 aromatic rings. The molecule has 1 amide bonds. The van der Waals surface area contributed by atoms with Crippen molar-refractivity contribution in [1.29, 1.82) is 0 Å². The molecule has 0 unspecified atom stereocenters. The maximum absolute atomic E-state index is 13.1. The molecule has 3 heterocycles. The Balaban J connectivity index is 1.46. The smallest absolute Gasteiger partial charge is 0.245 e. The molecule has 0 bridgehead atoms. The first kappa shape index (κ1) is 19.0. The number of carbonyl (C=O) groups excluding carboxylic acids is 1. The van der Waals surface area contributed by atoms with Gasteiger partial charge < -0.3 is 4.90 Å². The average Bonchev–Trinajstić information content (AvgIpc) is 3.41. The first-order valence-electron chi connectivity index (χ1n) is 9.69. The maximum Gasteiger partial charge on any atom is 0.245 e. The van der Waals surface area contributed by atoms with Crippen molar-refractivity contribution < 1.29 is 4.79 Å². The lowest BCUT2D eigenvalue weighted by Gasteiger charge is -2.16. The van der Waals surface area contributed by atoms with Crippen molar-refractivity contribution in [2.24, 2.45) is 0 Å². The van der Waals surface area contributed by atoms with Gasteiger partial charge in [-0.3, -0.25) is 9.48 Å². The van der Waals surface area contributed by atoms with E-state index >= 15 is 0 Å². The number of amides is 1. The highest BCUT2D eigenvalue weighted by molar-refractivity contribution is 7.11. The molecule has 2 aromatic heterocycles. The number of hydrogen-bond donors (Lipinski definition) is 0. The van der Waals surface area contributed by atoms with Crippen molar-refractivity contribution in [1.82, 2.24) is 19.7 Å². The molecular weight excluding hydrogens is 416 g/mol. The van der Waals surface area contributed by atoms with Crippen LogP contribution in [0.3, 0.4) is 0 Å². The molecule has 0 spiro atoms. The first-order valence-corrected chi connectivity index (χ1v) is 10.9. The molecule has 30 heavy (non-hydrogen) atoms. The van der Waals surface area contributed by atoms with Crippen LogP contribution >= 0.6 is 22.9 Å². The number of nitrogens with zero attached hydrogens (tertiary/aromatic N) is 4. The van der Waals surface area contributed by atoms with Crippen LogP contribution in [0, 0.1) is 6.92 Å². The zero-order valence-corrected chi connectivity index (χ0v) is 18.0. The molecule has 5 nitrogen and oxygen atoms in total. The summed E-state index contributed by atoms with van der Waals surface area (Å²) < 4.78 is 1.79. The minimum atomic E-state index is 0.0378. The summed E-state index contributed by atoms with van der Waals surface area (Å²) in [5, 5.41) is 6.47. The van der Waals surface area contributed by atoms with E-state index in [2.05, 4.69) is 4.98 Å². The van der Waals surface area contributed by atoms with E-state index in [4.69, 9.17) is 16.7 Å². The zero-order valence-electron chi connectivity index (χ0n) is 16.4. The molecular formula is C23H19ClN4OS. The van der Waals surface area contributed by atoms with E-state index in [1.54, 1.807) is 16.0 Å². The highest BCUT2D eigenvalue weighted by Crippen LogP contribution is 2.30. The van der Waals surface area contributed by atoms with Gasteiger partial charge in [-0.1, -0.05) is 54.1 Å². The van der Waals surface area contributed by atoms with E-state index in [0.29, 0.717) is 18.1 Å². The Hall–Kier alpha value is -2.96. The third kappa shape index (κ3) is 3.64. The number of aryl methyl sites for hydroxylation is 1. The van der Waals surface area contributed by atoms with E-state index in [0.717, 1.165) is 33.2 Å². The normalized spacial score (nSPS) is 12.9. The van der Waals surface area contributed by atoms with Crippen molar-refractivity contribution in [3.05, 3.63) is 81.3 Å². The first-order chi connectivity index (χ1) is 14.6. The highest BCUT2D eigenvalue weighted by atomic mass is 35.5. The summed E-state index contributed by atoms with van der Waals surface area (Å²) in [7, 11) is 0. The number of fused-ring (bicyclic) bond motifs is 1. The Kier molecular flexibility index (Phi) is 4.89.